The predicted molar refractivity (Wildman–Crippen MR) is 69.2 cm³/mol. The van der Waals surface area contributed by atoms with E-state index in [1.807, 2.05) is 5.32 Å². The van der Waals surface area contributed by atoms with Gasteiger partial charge < -0.3 is 21.5 Å². The summed E-state index contributed by atoms with van der Waals surface area (Å²) in [6.45, 7) is -0.199. The maximum atomic E-state index is 11.4. The van der Waals surface area contributed by atoms with Crippen molar-refractivity contribution in [2.45, 2.75) is 12.5 Å². The Morgan fingerprint density at radius 3 is 2.25 bits per heavy atom. The summed E-state index contributed by atoms with van der Waals surface area (Å²) in [5, 5.41) is 12.9. The van der Waals surface area contributed by atoms with Gasteiger partial charge in [-0.15, -0.1) is 0 Å². The SMILES string of the molecule is CN(C)S(=O)(=O)CCNC(=O)N[C@H](CC(N)=O)C(=O)O. The molecule has 0 radical (unpaired) electrons. The number of urea groups is 1. The van der Waals surface area contributed by atoms with Gasteiger partial charge in [0, 0.05) is 20.6 Å². The quantitative estimate of drug-likeness (QED) is 0.388. The highest BCUT2D eigenvalue weighted by Crippen LogP contribution is 1.93. The van der Waals surface area contributed by atoms with Gasteiger partial charge in [0.05, 0.1) is 12.2 Å². The van der Waals surface area contributed by atoms with Crippen LogP contribution >= 0.6 is 0 Å². The number of carbonyl (C=O) groups is 3. The molecule has 0 aliphatic carbocycles. The molecule has 0 saturated heterocycles. The van der Waals surface area contributed by atoms with Gasteiger partial charge in [-0.3, -0.25) is 4.79 Å². The molecular weight excluding hydrogens is 292 g/mol. The van der Waals surface area contributed by atoms with Crippen LogP contribution < -0.4 is 16.4 Å². The molecule has 0 spiro atoms. The third-order valence-electron chi connectivity index (χ3n) is 2.21. The minimum absolute atomic E-state index is 0.199. The number of nitrogens with two attached hydrogens (primary N) is 1. The van der Waals surface area contributed by atoms with Gasteiger partial charge in [-0.25, -0.2) is 22.3 Å². The van der Waals surface area contributed by atoms with Crippen molar-refractivity contribution in [1.29, 1.82) is 0 Å². The number of carboxylic acid groups (broad SMARTS) is 1. The number of primary amides is 1. The van der Waals surface area contributed by atoms with Crippen LogP contribution in [0.5, 0.6) is 0 Å². The zero-order valence-electron chi connectivity index (χ0n) is 11.1. The fourth-order valence-electron chi connectivity index (χ4n) is 1.09. The van der Waals surface area contributed by atoms with Crippen LogP contribution in [0.1, 0.15) is 6.42 Å². The summed E-state index contributed by atoms with van der Waals surface area (Å²) < 4.78 is 23.8. The summed E-state index contributed by atoms with van der Waals surface area (Å²) in [6, 6.07) is -2.36. The predicted octanol–water partition coefficient (Wildman–Crippen LogP) is -2.49. The van der Waals surface area contributed by atoms with Gasteiger partial charge in [0.15, 0.2) is 0 Å². The van der Waals surface area contributed by atoms with E-state index >= 15 is 0 Å². The summed E-state index contributed by atoms with van der Waals surface area (Å²) in [5.74, 6) is -2.63. The van der Waals surface area contributed by atoms with E-state index in [2.05, 4.69) is 5.32 Å². The second kappa shape index (κ2) is 7.65. The Kier molecular flexibility index (Phi) is 6.93. The van der Waals surface area contributed by atoms with Gasteiger partial charge in [0.1, 0.15) is 6.04 Å². The maximum Gasteiger partial charge on any atom is 0.326 e. The second-order valence-electron chi connectivity index (χ2n) is 4.06. The molecule has 20 heavy (non-hydrogen) atoms. The molecule has 0 saturated carbocycles. The average molecular weight is 310 g/mol. The lowest BCUT2D eigenvalue weighted by Crippen LogP contribution is -2.48. The smallest absolute Gasteiger partial charge is 0.326 e. The number of carbonyl (C=O) groups excluding carboxylic acids is 2. The zero-order chi connectivity index (χ0) is 15.9. The maximum absolute atomic E-state index is 11.4. The van der Waals surface area contributed by atoms with Crippen molar-refractivity contribution >= 4 is 27.9 Å². The molecule has 0 aliphatic heterocycles. The van der Waals surface area contributed by atoms with Gasteiger partial charge >= 0.3 is 12.0 Å². The molecule has 5 N–H and O–H groups in total. The molecular formula is C9H18N4O6S. The van der Waals surface area contributed by atoms with E-state index in [0.717, 1.165) is 4.31 Å². The summed E-state index contributed by atoms with van der Waals surface area (Å²) in [6.07, 6.45) is -0.557. The molecule has 0 unspecified atom stereocenters. The van der Waals surface area contributed by atoms with E-state index in [0.29, 0.717) is 0 Å². The molecule has 0 aromatic carbocycles. The average Bonchev–Trinajstić information content (AvgIpc) is 2.26. The van der Waals surface area contributed by atoms with E-state index in [-0.39, 0.29) is 12.3 Å². The van der Waals surface area contributed by atoms with Gasteiger partial charge in [-0.2, -0.15) is 0 Å². The van der Waals surface area contributed by atoms with Crippen molar-refractivity contribution < 1.29 is 27.9 Å². The molecule has 1 atom stereocenters. The molecule has 0 rings (SSSR count). The highest BCUT2D eigenvalue weighted by molar-refractivity contribution is 7.89. The lowest BCUT2D eigenvalue weighted by molar-refractivity contribution is -0.140. The molecule has 0 aromatic heterocycles. The highest BCUT2D eigenvalue weighted by Gasteiger charge is 2.22. The van der Waals surface area contributed by atoms with Gasteiger partial charge in [0.2, 0.25) is 15.9 Å². The van der Waals surface area contributed by atoms with Crippen molar-refractivity contribution in [1.82, 2.24) is 14.9 Å². The number of carboxylic acids is 1. The van der Waals surface area contributed by atoms with E-state index in [1.54, 1.807) is 0 Å². The molecule has 0 bridgehead atoms. The number of rotatable bonds is 8. The second-order valence-corrected chi connectivity index (χ2v) is 6.36. The number of aliphatic carboxylic acids is 1. The Balaban J connectivity index is 4.28. The number of amides is 3. The van der Waals surface area contributed by atoms with Crippen LogP contribution in [0.25, 0.3) is 0 Å². The minimum Gasteiger partial charge on any atom is -0.480 e. The van der Waals surface area contributed by atoms with E-state index in [9.17, 15) is 22.8 Å². The molecule has 116 valence electrons. The summed E-state index contributed by atoms with van der Waals surface area (Å²) >= 11 is 0. The van der Waals surface area contributed by atoms with Crippen LogP contribution in [0.2, 0.25) is 0 Å². The fraction of sp³-hybridized carbons (Fsp3) is 0.667. The fourth-order valence-corrected chi connectivity index (χ4v) is 1.81. The standard InChI is InChI=1S/C9H18N4O6S/c1-13(2)20(18,19)4-3-11-9(17)12-6(8(15)16)5-7(10)14/h6H,3-5H2,1-2H3,(H2,10,14)(H,15,16)(H2,11,12,17)/t6-/m1/s1. The first-order valence-electron chi connectivity index (χ1n) is 5.52. The number of sulfonamides is 1. The summed E-state index contributed by atoms with van der Waals surface area (Å²) in [7, 11) is -0.757. The van der Waals surface area contributed by atoms with E-state index < -0.39 is 40.4 Å². The Labute approximate surface area is 116 Å². The Hall–Kier alpha value is -1.88. The van der Waals surface area contributed by atoms with Crippen LogP contribution in [-0.2, 0) is 19.6 Å². The van der Waals surface area contributed by atoms with Crippen molar-refractivity contribution in [3.8, 4) is 0 Å². The number of hydrogen-bond acceptors (Lipinski definition) is 5. The van der Waals surface area contributed by atoms with Gasteiger partial charge in [-0.05, 0) is 0 Å². The van der Waals surface area contributed by atoms with Crippen LogP contribution in [0.4, 0.5) is 4.79 Å². The lowest BCUT2D eigenvalue weighted by Gasteiger charge is -2.14. The first-order chi connectivity index (χ1) is 9.06. The minimum atomic E-state index is -3.46. The van der Waals surface area contributed by atoms with Crippen LogP contribution in [0.3, 0.4) is 0 Å². The molecule has 0 aromatic rings. The summed E-state index contributed by atoms with van der Waals surface area (Å²) in [5.41, 5.74) is 4.84. The van der Waals surface area contributed by atoms with Crippen molar-refractivity contribution in [3.63, 3.8) is 0 Å². The third-order valence-corrected chi connectivity index (χ3v) is 4.04. The number of nitrogens with zero attached hydrogens (tertiary/aromatic N) is 1. The molecule has 0 aliphatic rings. The van der Waals surface area contributed by atoms with Gasteiger partial charge in [0.25, 0.3) is 0 Å². The molecule has 0 fully saturated rings. The van der Waals surface area contributed by atoms with Crippen molar-refractivity contribution in [2.24, 2.45) is 5.73 Å². The topological polar surface area (TPSA) is 159 Å². The van der Waals surface area contributed by atoms with Gasteiger partial charge in [-0.1, -0.05) is 0 Å². The Morgan fingerprint density at radius 1 is 1.30 bits per heavy atom. The molecule has 11 heteroatoms. The summed E-state index contributed by atoms with van der Waals surface area (Å²) in [4.78, 5) is 32.7. The third kappa shape index (κ3) is 6.89. The number of nitrogens with one attached hydrogen (secondary N) is 2. The largest absolute Gasteiger partial charge is 0.480 e. The Bertz CT molecular complexity index is 475. The Morgan fingerprint density at radius 2 is 1.85 bits per heavy atom. The molecule has 10 nitrogen and oxygen atoms in total. The first-order valence-corrected chi connectivity index (χ1v) is 7.13. The molecule has 3 amide bonds. The van der Waals surface area contributed by atoms with Crippen molar-refractivity contribution in [3.05, 3.63) is 0 Å². The van der Waals surface area contributed by atoms with Crippen molar-refractivity contribution in [2.75, 3.05) is 26.4 Å². The van der Waals surface area contributed by atoms with Crippen LogP contribution in [0.15, 0.2) is 0 Å². The van der Waals surface area contributed by atoms with E-state index in [4.69, 9.17) is 10.8 Å². The zero-order valence-corrected chi connectivity index (χ0v) is 11.9. The van der Waals surface area contributed by atoms with Crippen LogP contribution in [0, 0.1) is 0 Å². The van der Waals surface area contributed by atoms with Crippen LogP contribution in [-0.4, -0.2) is 68.2 Å². The highest BCUT2D eigenvalue weighted by atomic mass is 32.2. The lowest BCUT2D eigenvalue weighted by atomic mass is 10.2. The molecule has 0 heterocycles. The van der Waals surface area contributed by atoms with E-state index in [1.165, 1.54) is 14.1 Å². The first kappa shape index (κ1) is 18.1. The number of hydrogen-bond donors (Lipinski definition) is 4. The monoisotopic (exact) mass is 310 g/mol. The normalized spacial score (nSPS) is 12.8.